The minimum atomic E-state index is -0.998. The number of hydrogen-bond acceptors (Lipinski definition) is 3. The molecule has 0 amide bonds. The molecule has 2 aromatic heterocycles. The van der Waals surface area contributed by atoms with Crippen LogP contribution < -0.4 is 0 Å². The number of nitriles is 2. The van der Waals surface area contributed by atoms with Crippen LogP contribution in [0.15, 0.2) is 97.6 Å². The predicted octanol–water partition coefficient (Wildman–Crippen LogP) is 6.55. The number of carboxylic acid groups (broad SMARTS) is 1. The van der Waals surface area contributed by atoms with Gasteiger partial charge in [0.05, 0.1) is 16.7 Å². The van der Waals surface area contributed by atoms with E-state index in [1.54, 1.807) is 65.8 Å². The third-order valence-corrected chi connectivity index (χ3v) is 5.50. The summed E-state index contributed by atoms with van der Waals surface area (Å²) in [5.41, 5.74) is 4.51. The standard InChI is InChI=1S/C18H11FN2O2.C11H7FN2/c19-15-3-1-2-13(8-15)17-11-21(10-14(17)9-20)16-6-4-12(5-7-16)18(22)23;12-10-3-1-2-8(4-10)11-7-14-6-9(11)5-13/h1-8,10-11H,(H,22,23);1-4,6-7,14H. The first-order chi connectivity index (χ1) is 17.9. The van der Waals surface area contributed by atoms with Gasteiger partial charge in [0.15, 0.2) is 0 Å². The van der Waals surface area contributed by atoms with E-state index in [1.165, 1.54) is 36.4 Å². The Morgan fingerprint density at radius 3 is 1.92 bits per heavy atom. The van der Waals surface area contributed by atoms with Gasteiger partial charge in [0.1, 0.15) is 23.8 Å². The van der Waals surface area contributed by atoms with Crippen LogP contribution in [0.4, 0.5) is 8.78 Å². The maximum atomic E-state index is 13.4. The molecule has 0 aliphatic carbocycles. The van der Waals surface area contributed by atoms with Gasteiger partial charge >= 0.3 is 5.97 Å². The maximum Gasteiger partial charge on any atom is 0.335 e. The summed E-state index contributed by atoms with van der Waals surface area (Å²) in [6.07, 6.45) is 6.65. The molecule has 37 heavy (non-hydrogen) atoms. The molecule has 0 aliphatic rings. The van der Waals surface area contributed by atoms with Crippen LogP contribution in [0.25, 0.3) is 27.9 Å². The lowest BCUT2D eigenvalue weighted by molar-refractivity contribution is 0.0697. The molecule has 0 radical (unpaired) electrons. The molecular weight excluding hydrogens is 474 g/mol. The number of carboxylic acids is 1. The number of aromatic carboxylic acids is 1. The monoisotopic (exact) mass is 492 g/mol. The number of H-pyrrole nitrogens is 1. The second-order valence-electron chi connectivity index (χ2n) is 7.87. The molecule has 0 fully saturated rings. The Kier molecular flexibility index (Phi) is 7.23. The van der Waals surface area contributed by atoms with Crippen LogP contribution in [0.5, 0.6) is 0 Å². The summed E-state index contributed by atoms with van der Waals surface area (Å²) in [5, 5.41) is 27.0. The molecule has 2 heterocycles. The van der Waals surface area contributed by atoms with Crippen LogP contribution in [-0.4, -0.2) is 20.6 Å². The van der Waals surface area contributed by atoms with Crippen LogP contribution in [-0.2, 0) is 0 Å². The van der Waals surface area contributed by atoms with E-state index in [-0.39, 0.29) is 17.2 Å². The van der Waals surface area contributed by atoms with Crippen molar-refractivity contribution >= 4 is 5.97 Å². The Bertz CT molecular complexity index is 1650. The summed E-state index contributed by atoms with van der Waals surface area (Å²) in [6, 6.07) is 22.6. The number of carbonyl (C=O) groups is 1. The lowest BCUT2D eigenvalue weighted by Crippen LogP contribution is -1.97. The number of halogens is 2. The highest BCUT2D eigenvalue weighted by Gasteiger charge is 2.11. The second kappa shape index (κ2) is 10.9. The number of aromatic nitrogens is 2. The topological polar surface area (TPSA) is 106 Å². The Morgan fingerprint density at radius 2 is 1.38 bits per heavy atom. The molecule has 5 rings (SSSR count). The SMILES string of the molecule is N#Cc1c[nH]cc1-c1cccc(F)c1.N#Cc1cn(-c2ccc(C(=O)O)cc2)cc1-c1cccc(F)c1. The van der Waals surface area contributed by atoms with E-state index in [0.717, 1.165) is 5.56 Å². The van der Waals surface area contributed by atoms with Gasteiger partial charge in [0, 0.05) is 41.6 Å². The molecule has 0 aliphatic heterocycles. The van der Waals surface area contributed by atoms with Crippen LogP contribution in [0.2, 0.25) is 0 Å². The minimum absolute atomic E-state index is 0.187. The van der Waals surface area contributed by atoms with Gasteiger partial charge in [0.2, 0.25) is 0 Å². The Morgan fingerprint density at radius 1 is 0.784 bits per heavy atom. The van der Waals surface area contributed by atoms with E-state index in [1.807, 2.05) is 6.07 Å². The van der Waals surface area contributed by atoms with Crippen molar-refractivity contribution in [3.8, 4) is 40.1 Å². The van der Waals surface area contributed by atoms with E-state index in [2.05, 4.69) is 11.1 Å². The highest BCUT2D eigenvalue weighted by Crippen LogP contribution is 2.27. The molecular formula is C29H18F2N4O2. The van der Waals surface area contributed by atoms with Gasteiger partial charge < -0.3 is 14.7 Å². The van der Waals surface area contributed by atoms with Crippen LogP contribution in [0.1, 0.15) is 21.5 Å². The zero-order valence-corrected chi connectivity index (χ0v) is 19.2. The quantitative estimate of drug-likeness (QED) is 0.297. The molecule has 180 valence electrons. The molecule has 6 nitrogen and oxygen atoms in total. The summed E-state index contributed by atoms with van der Waals surface area (Å²) < 4.78 is 28.0. The molecule has 3 aromatic carbocycles. The van der Waals surface area contributed by atoms with Crippen molar-refractivity contribution in [1.82, 2.24) is 9.55 Å². The van der Waals surface area contributed by atoms with Crippen molar-refractivity contribution < 1.29 is 18.7 Å². The Labute approximate surface area is 210 Å². The molecule has 0 atom stereocenters. The van der Waals surface area contributed by atoms with Gasteiger partial charge in [-0.1, -0.05) is 24.3 Å². The first-order valence-electron chi connectivity index (χ1n) is 10.9. The lowest BCUT2D eigenvalue weighted by atomic mass is 10.1. The van der Waals surface area contributed by atoms with Gasteiger partial charge in [-0.05, 0) is 59.7 Å². The molecule has 0 spiro atoms. The van der Waals surface area contributed by atoms with Gasteiger partial charge in [-0.3, -0.25) is 0 Å². The zero-order chi connectivity index (χ0) is 26.4. The fraction of sp³-hybridized carbons (Fsp3) is 0. The van der Waals surface area contributed by atoms with Crippen molar-refractivity contribution in [2.75, 3.05) is 0 Å². The maximum absolute atomic E-state index is 13.4. The van der Waals surface area contributed by atoms with Crippen LogP contribution >= 0.6 is 0 Å². The predicted molar refractivity (Wildman–Crippen MR) is 134 cm³/mol. The molecule has 8 heteroatoms. The van der Waals surface area contributed by atoms with Crippen molar-refractivity contribution in [2.45, 2.75) is 0 Å². The van der Waals surface area contributed by atoms with E-state index in [0.29, 0.717) is 33.5 Å². The number of rotatable bonds is 4. The molecule has 0 saturated carbocycles. The van der Waals surface area contributed by atoms with Crippen molar-refractivity contribution in [1.29, 1.82) is 10.5 Å². The average molecular weight is 492 g/mol. The van der Waals surface area contributed by atoms with Gasteiger partial charge in [-0.25, -0.2) is 13.6 Å². The largest absolute Gasteiger partial charge is 0.478 e. The summed E-state index contributed by atoms with van der Waals surface area (Å²) in [4.78, 5) is 13.7. The zero-order valence-electron chi connectivity index (χ0n) is 19.2. The first kappa shape index (κ1) is 24.6. The summed E-state index contributed by atoms with van der Waals surface area (Å²) in [6.45, 7) is 0. The minimum Gasteiger partial charge on any atom is -0.478 e. The van der Waals surface area contributed by atoms with Gasteiger partial charge in [-0.2, -0.15) is 10.5 Å². The molecule has 0 bridgehead atoms. The van der Waals surface area contributed by atoms with Crippen molar-refractivity contribution in [3.63, 3.8) is 0 Å². The number of hydrogen-bond donors (Lipinski definition) is 2. The van der Waals surface area contributed by atoms with E-state index in [9.17, 15) is 18.8 Å². The molecule has 0 unspecified atom stereocenters. The van der Waals surface area contributed by atoms with E-state index < -0.39 is 5.97 Å². The van der Waals surface area contributed by atoms with Crippen LogP contribution in [0.3, 0.4) is 0 Å². The highest BCUT2D eigenvalue weighted by atomic mass is 19.1. The number of benzene rings is 3. The normalized spacial score (nSPS) is 10.1. The smallest absolute Gasteiger partial charge is 0.335 e. The van der Waals surface area contributed by atoms with Gasteiger partial charge in [0.25, 0.3) is 0 Å². The Hall–Kier alpha value is -5.47. The summed E-state index contributed by atoms with van der Waals surface area (Å²) in [7, 11) is 0. The second-order valence-corrected chi connectivity index (χ2v) is 7.87. The average Bonchev–Trinajstić information content (AvgIpc) is 3.56. The van der Waals surface area contributed by atoms with Gasteiger partial charge in [-0.15, -0.1) is 0 Å². The van der Waals surface area contributed by atoms with E-state index in [4.69, 9.17) is 10.4 Å². The molecule has 0 saturated heterocycles. The molecule has 5 aromatic rings. The Balaban J connectivity index is 0.000000195. The first-order valence-corrected chi connectivity index (χ1v) is 10.9. The molecule has 2 N–H and O–H groups in total. The van der Waals surface area contributed by atoms with E-state index >= 15 is 0 Å². The fourth-order valence-corrected chi connectivity index (χ4v) is 3.71. The number of aromatic amines is 1. The fourth-order valence-electron chi connectivity index (χ4n) is 3.71. The third-order valence-electron chi connectivity index (χ3n) is 5.50. The lowest BCUT2D eigenvalue weighted by Gasteiger charge is -2.03. The third kappa shape index (κ3) is 5.61. The number of nitrogens with one attached hydrogen (secondary N) is 1. The summed E-state index contributed by atoms with van der Waals surface area (Å²) in [5.74, 6) is -1.67. The van der Waals surface area contributed by atoms with Crippen molar-refractivity contribution in [2.24, 2.45) is 0 Å². The number of nitrogens with zero attached hydrogens (tertiary/aromatic N) is 3. The highest BCUT2D eigenvalue weighted by molar-refractivity contribution is 5.87. The van der Waals surface area contributed by atoms with Crippen LogP contribution in [0, 0.1) is 34.3 Å². The summed E-state index contributed by atoms with van der Waals surface area (Å²) >= 11 is 0. The van der Waals surface area contributed by atoms with Crippen molar-refractivity contribution in [3.05, 3.63) is 126 Å².